The average molecular weight is 492 g/mol. The molecule has 10 heteroatoms. The summed E-state index contributed by atoms with van der Waals surface area (Å²) >= 11 is 5.89. The van der Waals surface area contributed by atoms with Gasteiger partial charge in [0, 0.05) is 41.0 Å². The van der Waals surface area contributed by atoms with Crippen LogP contribution in [0, 0.1) is 0 Å². The van der Waals surface area contributed by atoms with Gasteiger partial charge < -0.3 is 25.3 Å². The van der Waals surface area contributed by atoms with E-state index >= 15 is 0 Å². The molecule has 0 bridgehead atoms. The third kappa shape index (κ3) is 3.72. The molecule has 1 aliphatic carbocycles. The highest BCUT2D eigenvalue weighted by molar-refractivity contribution is 6.30. The predicted octanol–water partition coefficient (Wildman–Crippen LogP) is 4.35. The highest BCUT2D eigenvalue weighted by atomic mass is 35.5. The van der Waals surface area contributed by atoms with Gasteiger partial charge in [0.1, 0.15) is 17.0 Å². The molecule has 1 fully saturated rings. The van der Waals surface area contributed by atoms with Gasteiger partial charge in [-0.25, -0.2) is 15.0 Å². The number of carbonyl (C=O) groups excluding carboxylic acids is 1. The van der Waals surface area contributed by atoms with Crippen LogP contribution < -0.4 is 20.5 Å². The Morgan fingerprint density at radius 1 is 1.23 bits per heavy atom. The number of ether oxygens (including phenoxy) is 3. The molecule has 0 saturated heterocycles. The van der Waals surface area contributed by atoms with Gasteiger partial charge in [-0.15, -0.1) is 0 Å². The van der Waals surface area contributed by atoms with Crippen molar-refractivity contribution in [1.29, 1.82) is 0 Å². The maximum absolute atomic E-state index is 12.8. The standard InChI is InChI=1S/C25H22ClN5O4/c1-33-23-21-17(11-19(30-23)13-2-3-13)25(8-9-34-24(27)31-25)16-10-15(5-7-20(16)35-21)29-22(32)18-6-4-14(26)12-28-18/h4-7,10-13H,2-3,8-9H2,1H3,(H2,27,31)(H,29,32)/t25-/m0/s1. The van der Waals surface area contributed by atoms with Gasteiger partial charge in [0.05, 0.1) is 18.7 Å². The number of anilines is 1. The SMILES string of the molecule is COc1nc(C2CC2)cc2c1Oc1ccc(NC(=O)c3ccc(Cl)cn3)cc1[C@@]21CCOC(N)=N1. The molecular weight excluding hydrogens is 470 g/mol. The van der Waals surface area contributed by atoms with Gasteiger partial charge >= 0.3 is 0 Å². The number of halogens is 1. The summed E-state index contributed by atoms with van der Waals surface area (Å²) in [7, 11) is 1.58. The first-order valence-corrected chi connectivity index (χ1v) is 11.7. The van der Waals surface area contributed by atoms with E-state index in [1.165, 1.54) is 6.20 Å². The van der Waals surface area contributed by atoms with Crippen LogP contribution in [-0.4, -0.2) is 35.6 Å². The van der Waals surface area contributed by atoms with Crippen LogP contribution in [0.5, 0.6) is 17.4 Å². The normalized spacial score (nSPS) is 20.1. The number of nitrogens with two attached hydrogens (primary N) is 1. The monoisotopic (exact) mass is 491 g/mol. The van der Waals surface area contributed by atoms with Crippen molar-refractivity contribution in [3.63, 3.8) is 0 Å². The van der Waals surface area contributed by atoms with Gasteiger partial charge in [0.2, 0.25) is 0 Å². The summed E-state index contributed by atoms with van der Waals surface area (Å²) in [5.74, 6) is 1.56. The highest BCUT2D eigenvalue weighted by Crippen LogP contribution is 2.56. The molecule has 0 unspecified atom stereocenters. The van der Waals surface area contributed by atoms with Crippen molar-refractivity contribution in [3.8, 4) is 17.4 Å². The largest absolute Gasteiger partial charge is 0.478 e. The van der Waals surface area contributed by atoms with Gasteiger partial charge in [-0.05, 0) is 49.2 Å². The molecule has 1 aromatic carbocycles. The van der Waals surface area contributed by atoms with Gasteiger partial charge in [0.25, 0.3) is 17.8 Å². The maximum Gasteiger partial charge on any atom is 0.283 e. The number of nitrogens with zero attached hydrogens (tertiary/aromatic N) is 3. The molecule has 3 aliphatic rings. The number of hydrogen-bond donors (Lipinski definition) is 2. The Bertz CT molecular complexity index is 1370. The van der Waals surface area contributed by atoms with Gasteiger partial charge in [-0.3, -0.25) is 4.79 Å². The number of nitrogens with one attached hydrogen (secondary N) is 1. The molecular formula is C25H22ClN5O4. The predicted molar refractivity (Wildman–Crippen MR) is 129 cm³/mol. The minimum absolute atomic E-state index is 0.0959. The lowest BCUT2D eigenvalue weighted by molar-refractivity contribution is 0.102. The summed E-state index contributed by atoms with van der Waals surface area (Å²) in [6.07, 6.45) is 4.14. The molecule has 1 atom stereocenters. The fourth-order valence-electron chi connectivity index (χ4n) is 4.61. The second kappa shape index (κ2) is 8.13. The second-order valence-corrected chi connectivity index (χ2v) is 9.18. The van der Waals surface area contributed by atoms with Crippen LogP contribution in [0.4, 0.5) is 5.69 Å². The summed E-state index contributed by atoms with van der Waals surface area (Å²) < 4.78 is 17.4. The fraction of sp³-hybridized carbons (Fsp3) is 0.280. The van der Waals surface area contributed by atoms with Gasteiger partial charge in [-0.2, -0.15) is 0 Å². The molecule has 1 saturated carbocycles. The van der Waals surface area contributed by atoms with Crippen LogP contribution in [0.1, 0.15) is 52.5 Å². The van der Waals surface area contributed by atoms with Crippen LogP contribution in [0.2, 0.25) is 5.02 Å². The Balaban J connectivity index is 1.46. The maximum atomic E-state index is 12.8. The number of aromatic nitrogens is 2. The van der Waals surface area contributed by atoms with Crippen molar-refractivity contribution in [1.82, 2.24) is 9.97 Å². The summed E-state index contributed by atoms with van der Waals surface area (Å²) in [5.41, 5.74) is 8.59. The first-order valence-electron chi connectivity index (χ1n) is 11.3. The van der Waals surface area contributed by atoms with Crippen LogP contribution in [0.25, 0.3) is 0 Å². The lowest BCUT2D eigenvalue weighted by Crippen LogP contribution is -2.39. The lowest BCUT2D eigenvalue weighted by atomic mass is 9.77. The Morgan fingerprint density at radius 3 is 2.80 bits per heavy atom. The van der Waals surface area contributed by atoms with E-state index in [0.717, 1.165) is 29.7 Å². The smallest absolute Gasteiger partial charge is 0.283 e. The lowest BCUT2D eigenvalue weighted by Gasteiger charge is -2.39. The van der Waals surface area contributed by atoms with Crippen molar-refractivity contribution in [2.75, 3.05) is 19.0 Å². The molecule has 3 aromatic rings. The Morgan fingerprint density at radius 2 is 2.09 bits per heavy atom. The minimum atomic E-state index is -0.871. The number of pyridine rings is 2. The highest BCUT2D eigenvalue weighted by Gasteiger charge is 2.47. The number of fused-ring (bicyclic) bond motifs is 4. The number of aliphatic imine (C=N–C) groups is 1. The third-order valence-corrected chi connectivity index (χ3v) is 6.69. The van der Waals surface area contributed by atoms with Crippen molar-refractivity contribution in [2.45, 2.75) is 30.7 Å². The Kier molecular flexibility index (Phi) is 5.03. The molecule has 9 nitrogen and oxygen atoms in total. The topological polar surface area (TPSA) is 121 Å². The first kappa shape index (κ1) is 21.7. The molecule has 0 radical (unpaired) electrons. The summed E-state index contributed by atoms with van der Waals surface area (Å²) in [6, 6.07) is 10.7. The van der Waals surface area contributed by atoms with E-state index in [1.54, 1.807) is 31.4 Å². The minimum Gasteiger partial charge on any atom is -0.478 e. The number of benzene rings is 1. The molecule has 3 N–H and O–H groups in total. The fourth-order valence-corrected chi connectivity index (χ4v) is 4.72. The van der Waals surface area contributed by atoms with E-state index in [1.807, 2.05) is 12.1 Å². The molecule has 2 aromatic heterocycles. The van der Waals surface area contributed by atoms with Gasteiger partial charge in [0.15, 0.2) is 5.75 Å². The van der Waals surface area contributed by atoms with Crippen molar-refractivity contribution in [2.24, 2.45) is 10.7 Å². The zero-order valence-corrected chi connectivity index (χ0v) is 19.6. The molecule has 1 amide bonds. The summed E-state index contributed by atoms with van der Waals surface area (Å²) in [5, 5.41) is 3.36. The number of amidine groups is 1. The zero-order valence-electron chi connectivity index (χ0n) is 18.9. The second-order valence-electron chi connectivity index (χ2n) is 8.74. The number of hydrogen-bond acceptors (Lipinski definition) is 8. The van der Waals surface area contributed by atoms with Crippen LogP contribution >= 0.6 is 11.6 Å². The van der Waals surface area contributed by atoms with E-state index in [-0.39, 0.29) is 17.6 Å². The molecule has 35 heavy (non-hydrogen) atoms. The van der Waals surface area contributed by atoms with Crippen LogP contribution in [0.3, 0.4) is 0 Å². The third-order valence-electron chi connectivity index (χ3n) is 6.47. The van der Waals surface area contributed by atoms with Crippen LogP contribution in [0.15, 0.2) is 47.6 Å². The molecule has 1 spiro atoms. The Hall–Kier alpha value is -3.85. The zero-order chi connectivity index (χ0) is 24.2. The van der Waals surface area contributed by atoms with E-state index in [0.29, 0.717) is 47.0 Å². The van der Waals surface area contributed by atoms with E-state index < -0.39 is 5.54 Å². The molecule has 6 rings (SSSR count). The van der Waals surface area contributed by atoms with Gasteiger partial charge in [-0.1, -0.05) is 11.6 Å². The van der Waals surface area contributed by atoms with E-state index in [2.05, 4.69) is 10.3 Å². The van der Waals surface area contributed by atoms with E-state index in [4.69, 9.17) is 41.5 Å². The van der Waals surface area contributed by atoms with Crippen molar-refractivity contribution < 1.29 is 19.0 Å². The molecule has 178 valence electrons. The van der Waals surface area contributed by atoms with E-state index in [9.17, 15) is 4.79 Å². The number of rotatable bonds is 4. The first-order chi connectivity index (χ1) is 17.0. The molecule has 2 aliphatic heterocycles. The van der Waals surface area contributed by atoms with Crippen molar-refractivity contribution in [3.05, 3.63) is 70.1 Å². The average Bonchev–Trinajstić information content (AvgIpc) is 3.70. The number of amides is 1. The number of carbonyl (C=O) groups is 1. The van der Waals surface area contributed by atoms with Crippen molar-refractivity contribution >= 4 is 29.2 Å². The molecule has 4 heterocycles. The van der Waals surface area contributed by atoms with Crippen LogP contribution in [-0.2, 0) is 10.3 Å². The summed E-state index contributed by atoms with van der Waals surface area (Å²) in [6.45, 7) is 0.378. The number of methoxy groups -OCH3 is 1. The Labute approximate surface area is 206 Å². The quantitative estimate of drug-likeness (QED) is 0.556. The summed E-state index contributed by atoms with van der Waals surface area (Å²) in [4.78, 5) is 26.4.